The number of amides is 1. The van der Waals surface area contributed by atoms with Crippen LogP contribution in [0.1, 0.15) is 18.5 Å². The molecule has 0 radical (unpaired) electrons. The Morgan fingerprint density at radius 3 is 2.62 bits per heavy atom. The molecule has 0 aliphatic rings. The first-order valence-corrected chi connectivity index (χ1v) is 4.80. The van der Waals surface area contributed by atoms with Gasteiger partial charge in [-0.2, -0.15) is 0 Å². The van der Waals surface area contributed by atoms with Crippen molar-refractivity contribution in [3.8, 4) is 0 Å². The van der Waals surface area contributed by atoms with E-state index < -0.39 is 17.8 Å². The fourth-order valence-electron chi connectivity index (χ4n) is 1.47. The maximum Gasteiger partial charge on any atom is 0.331 e. The van der Waals surface area contributed by atoms with Crippen LogP contribution < -0.4 is 0 Å². The normalized spacial score (nSPS) is 11.9. The van der Waals surface area contributed by atoms with Gasteiger partial charge in [-0.15, -0.1) is 0 Å². The summed E-state index contributed by atoms with van der Waals surface area (Å²) in [5.74, 6) is -1.88. The molecule has 0 bridgehead atoms. The third-order valence-electron chi connectivity index (χ3n) is 2.27. The summed E-state index contributed by atoms with van der Waals surface area (Å²) >= 11 is 0. The van der Waals surface area contributed by atoms with Gasteiger partial charge < -0.3 is 10.0 Å². The van der Waals surface area contributed by atoms with Crippen molar-refractivity contribution >= 4 is 12.4 Å². The summed E-state index contributed by atoms with van der Waals surface area (Å²) in [5, 5.41) is 9.02. The molecular weight excluding hydrogens is 213 g/mol. The second-order valence-electron chi connectivity index (χ2n) is 3.20. The van der Waals surface area contributed by atoms with E-state index in [-0.39, 0.29) is 12.1 Å². The van der Waals surface area contributed by atoms with Crippen LogP contribution in [-0.2, 0) is 9.59 Å². The lowest BCUT2D eigenvalue weighted by atomic mass is 10.1. The number of benzene rings is 1. The minimum absolute atomic E-state index is 0.0102. The maximum absolute atomic E-state index is 13.4. The lowest BCUT2D eigenvalue weighted by molar-refractivity contribution is -0.146. The van der Waals surface area contributed by atoms with Gasteiger partial charge in [0.25, 0.3) is 0 Å². The predicted molar refractivity (Wildman–Crippen MR) is 55.2 cm³/mol. The van der Waals surface area contributed by atoms with Crippen LogP contribution in [-0.4, -0.2) is 28.9 Å². The van der Waals surface area contributed by atoms with E-state index in [9.17, 15) is 14.0 Å². The Balaban J connectivity index is 3.17. The number of carbonyl (C=O) groups excluding carboxylic acids is 1. The molecule has 0 saturated heterocycles. The Bertz CT molecular complexity index is 395. The lowest BCUT2D eigenvalue weighted by Gasteiger charge is -2.23. The summed E-state index contributed by atoms with van der Waals surface area (Å²) in [6, 6.07) is 4.26. The van der Waals surface area contributed by atoms with E-state index in [1.54, 1.807) is 6.92 Å². The van der Waals surface area contributed by atoms with Gasteiger partial charge in [0.2, 0.25) is 6.41 Å². The highest BCUT2D eigenvalue weighted by Crippen LogP contribution is 2.22. The zero-order valence-corrected chi connectivity index (χ0v) is 8.76. The number of hydrogen-bond acceptors (Lipinski definition) is 2. The van der Waals surface area contributed by atoms with Gasteiger partial charge in [-0.05, 0) is 13.0 Å². The zero-order valence-electron chi connectivity index (χ0n) is 8.76. The minimum atomic E-state index is -1.27. The van der Waals surface area contributed by atoms with Gasteiger partial charge in [0.15, 0.2) is 6.04 Å². The van der Waals surface area contributed by atoms with E-state index in [1.165, 1.54) is 24.3 Å². The molecule has 16 heavy (non-hydrogen) atoms. The summed E-state index contributed by atoms with van der Waals surface area (Å²) in [6.07, 6.45) is 0.408. The number of likely N-dealkylation sites (N-methyl/N-ethyl adjacent to an activating group) is 1. The van der Waals surface area contributed by atoms with Crippen molar-refractivity contribution in [2.75, 3.05) is 6.54 Å². The molecule has 1 unspecified atom stereocenters. The highest BCUT2D eigenvalue weighted by molar-refractivity contribution is 5.78. The Morgan fingerprint density at radius 1 is 1.56 bits per heavy atom. The van der Waals surface area contributed by atoms with E-state index in [0.717, 1.165) is 4.90 Å². The molecule has 0 fully saturated rings. The first kappa shape index (κ1) is 12.2. The van der Waals surface area contributed by atoms with Gasteiger partial charge in [0.05, 0.1) is 0 Å². The van der Waals surface area contributed by atoms with Crippen LogP contribution in [0.5, 0.6) is 0 Å². The SMILES string of the molecule is CCN(C=O)C(C(=O)O)c1ccccc1F. The average Bonchev–Trinajstić information content (AvgIpc) is 2.27. The third kappa shape index (κ3) is 2.36. The van der Waals surface area contributed by atoms with Crippen molar-refractivity contribution in [2.24, 2.45) is 0 Å². The molecule has 0 spiro atoms. The highest BCUT2D eigenvalue weighted by atomic mass is 19.1. The quantitative estimate of drug-likeness (QED) is 0.771. The maximum atomic E-state index is 13.4. The molecule has 1 amide bonds. The molecule has 4 nitrogen and oxygen atoms in total. The number of carboxylic acid groups (broad SMARTS) is 1. The van der Waals surface area contributed by atoms with E-state index in [4.69, 9.17) is 5.11 Å². The summed E-state index contributed by atoms with van der Waals surface area (Å²) < 4.78 is 13.4. The van der Waals surface area contributed by atoms with E-state index in [2.05, 4.69) is 0 Å². The highest BCUT2D eigenvalue weighted by Gasteiger charge is 2.27. The van der Waals surface area contributed by atoms with Crippen LogP contribution in [0, 0.1) is 5.82 Å². The Labute approximate surface area is 92.3 Å². The van der Waals surface area contributed by atoms with Crippen LogP contribution in [0.2, 0.25) is 0 Å². The molecule has 86 valence electrons. The predicted octanol–water partition coefficient (Wildman–Crippen LogP) is 1.43. The zero-order chi connectivity index (χ0) is 12.1. The van der Waals surface area contributed by atoms with Gasteiger partial charge in [0.1, 0.15) is 5.82 Å². The van der Waals surface area contributed by atoms with Gasteiger partial charge in [-0.1, -0.05) is 18.2 Å². The number of aliphatic carboxylic acids is 1. The van der Waals surface area contributed by atoms with Crippen LogP contribution >= 0.6 is 0 Å². The second-order valence-corrected chi connectivity index (χ2v) is 3.20. The Morgan fingerprint density at radius 2 is 2.19 bits per heavy atom. The minimum Gasteiger partial charge on any atom is -0.479 e. The molecule has 0 aromatic heterocycles. The number of carboxylic acids is 1. The molecule has 1 aromatic carbocycles. The molecule has 0 aliphatic carbocycles. The Hall–Kier alpha value is -1.91. The smallest absolute Gasteiger partial charge is 0.331 e. The van der Waals surface area contributed by atoms with Crippen LogP contribution in [0.3, 0.4) is 0 Å². The molecule has 5 heteroatoms. The van der Waals surface area contributed by atoms with E-state index in [1.807, 2.05) is 0 Å². The first-order valence-electron chi connectivity index (χ1n) is 4.80. The summed E-state index contributed by atoms with van der Waals surface area (Å²) in [6.45, 7) is 1.83. The number of rotatable bonds is 5. The molecule has 1 atom stereocenters. The topological polar surface area (TPSA) is 57.6 Å². The molecule has 1 N–H and O–H groups in total. The number of nitrogens with zero attached hydrogens (tertiary/aromatic N) is 1. The van der Waals surface area contributed by atoms with Crippen molar-refractivity contribution < 1.29 is 19.1 Å². The van der Waals surface area contributed by atoms with Crippen LogP contribution in [0.4, 0.5) is 4.39 Å². The van der Waals surface area contributed by atoms with Crippen molar-refractivity contribution in [2.45, 2.75) is 13.0 Å². The van der Waals surface area contributed by atoms with Gasteiger partial charge in [-0.25, -0.2) is 9.18 Å². The lowest BCUT2D eigenvalue weighted by Crippen LogP contribution is -2.33. The molecule has 1 rings (SSSR count). The van der Waals surface area contributed by atoms with Crippen molar-refractivity contribution in [1.82, 2.24) is 4.90 Å². The number of hydrogen-bond donors (Lipinski definition) is 1. The molecule has 0 saturated carbocycles. The third-order valence-corrected chi connectivity index (χ3v) is 2.27. The average molecular weight is 225 g/mol. The van der Waals surface area contributed by atoms with Crippen molar-refractivity contribution in [3.63, 3.8) is 0 Å². The standard InChI is InChI=1S/C11H12FNO3/c1-2-13(7-14)10(11(15)16)8-5-3-4-6-9(8)12/h3-7,10H,2H2,1H3,(H,15,16). The molecule has 0 heterocycles. The fraction of sp³-hybridized carbons (Fsp3) is 0.273. The summed E-state index contributed by atoms with van der Waals surface area (Å²) in [7, 11) is 0. The largest absolute Gasteiger partial charge is 0.479 e. The fourth-order valence-corrected chi connectivity index (χ4v) is 1.47. The summed E-state index contributed by atoms with van der Waals surface area (Å²) in [4.78, 5) is 22.8. The van der Waals surface area contributed by atoms with Gasteiger partial charge in [-0.3, -0.25) is 4.79 Å². The van der Waals surface area contributed by atoms with E-state index >= 15 is 0 Å². The number of carbonyl (C=O) groups is 2. The van der Waals surface area contributed by atoms with Crippen molar-refractivity contribution in [3.05, 3.63) is 35.6 Å². The Kier molecular flexibility index (Phi) is 3.99. The van der Waals surface area contributed by atoms with Crippen LogP contribution in [0.15, 0.2) is 24.3 Å². The molecule has 0 aliphatic heterocycles. The van der Waals surface area contributed by atoms with Gasteiger partial charge in [0, 0.05) is 12.1 Å². The van der Waals surface area contributed by atoms with Gasteiger partial charge >= 0.3 is 5.97 Å². The summed E-state index contributed by atoms with van der Waals surface area (Å²) in [5.41, 5.74) is -0.0102. The van der Waals surface area contributed by atoms with Crippen molar-refractivity contribution in [1.29, 1.82) is 0 Å². The number of halogens is 1. The van der Waals surface area contributed by atoms with Crippen LogP contribution in [0.25, 0.3) is 0 Å². The molecular formula is C11H12FNO3. The first-order chi connectivity index (χ1) is 7.61. The monoisotopic (exact) mass is 225 g/mol. The molecule has 1 aromatic rings. The second kappa shape index (κ2) is 5.25. The van der Waals surface area contributed by atoms with E-state index in [0.29, 0.717) is 6.41 Å².